The van der Waals surface area contributed by atoms with Crippen LogP contribution in [0, 0.1) is 5.41 Å². The van der Waals surface area contributed by atoms with E-state index < -0.39 is 0 Å². The number of allylic oxidation sites excluding steroid dienone is 2. The summed E-state index contributed by atoms with van der Waals surface area (Å²) < 4.78 is 10.9. The van der Waals surface area contributed by atoms with Crippen LogP contribution in [0.5, 0.6) is 5.75 Å². The van der Waals surface area contributed by atoms with Gasteiger partial charge in [-0.3, -0.25) is 14.6 Å². The van der Waals surface area contributed by atoms with Gasteiger partial charge in [0.05, 0.1) is 35.3 Å². The average Bonchev–Trinajstić information content (AvgIpc) is 3.29. The van der Waals surface area contributed by atoms with Gasteiger partial charge >= 0.3 is 0 Å². The molecule has 1 unspecified atom stereocenters. The Hall–Kier alpha value is -4.00. The molecule has 2 aromatic carbocycles. The molecule has 1 N–H and O–H groups in total. The number of carbonyl (C=O) groups is 2. The van der Waals surface area contributed by atoms with Crippen molar-refractivity contribution in [3.63, 3.8) is 0 Å². The molecule has 2 aliphatic rings. The fraction of sp³-hybridized carbons (Fsp3) is 0.355. The zero-order valence-electron chi connectivity index (χ0n) is 22.0. The first-order valence-corrected chi connectivity index (χ1v) is 13.0. The SMILES string of the molecule is COc1cccc(N=C(CCc2noc3c2C(=O)CC(C)(C)C3)C2=C(O)CC(c3ccccc3)CC2=O)c1. The van der Waals surface area contributed by atoms with Crippen LogP contribution in [0.4, 0.5) is 5.69 Å². The molecule has 0 spiro atoms. The molecular formula is C31H32N2O5. The van der Waals surface area contributed by atoms with Crippen LogP contribution in [0.25, 0.3) is 0 Å². The highest BCUT2D eigenvalue weighted by Crippen LogP contribution is 2.38. The summed E-state index contributed by atoms with van der Waals surface area (Å²) in [5.74, 6) is 1.09. The van der Waals surface area contributed by atoms with E-state index in [1.54, 1.807) is 13.2 Å². The van der Waals surface area contributed by atoms with Crippen molar-refractivity contribution < 1.29 is 24.0 Å². The Labute approximate surface area is 222 Å². The fourth-order valence-corrected chi connectivity index (χ4v) is 5.48. The number of Topliss-reactive ketones (excluding diaryl/α,β-unsaturated/α-hetero) is 2. The summed E-state index contributed by atoms with van der Waals surface area (Å²) in [6.07, 6.45) is 2.40. The van der Waals surface area contributed by atoms with Gasteiger partial charge in [-0.2, -0.15) is 0 Å². The first kappa shape index (κ1) is 25.6. The molecule has 0 saturated heterocycles. The van der Waals surface area contributed by atoms with Crippen LogP contribution in [-0.4, -0.2) is 34.7 Å². The number of hydrogen-bond acceptors (Lipinski definition) is 7. The number of aliphatic hydroxyl groups excluding tert-OH is 1. The molecule has 0 aliphatic heterocycles. The van der Waals surface area contributed by atoms with Crippen molar-refractivity contribution in [1.29, 1.82) is 0 Å². The molecule has 0 radical (unpaired) electrons. The van der Waals surface area contributed by atoms with Crippen LogP contribution >= 0.6 is 0 Å². The van der Waals surface area contributed by atoms with Gasteiger partial charge in [0, 0.05) is 31.7 Å². The molecule has 7 heteroatoms. The number of aryl methyl sites for hydroxylation is 1. The molecule has 0 amide bonds. The van der Waals surface area contributed by atoms with Gasteiger partial charge in [0.25, 0.3) is 0 Å². The number of aliphatic hydroxyl groups is 1. The van der Waals surface area contributed by atoms with E-state index in [1.165, 1.54) is 0 Å². The Kier molecular flexibility index (Phi) is 7.02. The lowest BCUT2D eigenvalue weighted by molar-refractivity contribution is -0.116. The van der Waals surface area contributed by atoms with Crippen LogP contribution in [-0.2, 0) is 17.6 Å². The fourth-order valence-electron chi connectivity index (χ4n) is 5.48. The van der Waals surface area contributed by atoms with Crippen molar-refractivity contribution in [2.75, 3.05) is 7.11 Å². The van der Waals surface area contributed by atoms with E-state index in [0.717, 1.165) is 5.56 Å². The highest BCUT2D eigenvalue weighted by Gasteiger charge is 2.37. The number of hydrogen-bond donors (Lipinski definition) is 1. The number of carbonyl (C=O) groups excluding carboxylic acids is 2. The Morgan fingerprint density at radius 2 is 1.87 bits per heavy atom. The van der Waals surface area contributed by atoms with Gasteiger partial charge in [-0.1, -0.05) is 55.4 Å². The molecule has 0 fully saturated rings. The van der Waals surface area contributed by atoms with Crippen molar-refractivity contribution in [2.24, 2.45) is 10.4 Å². The van der Waals surface area contributed by atoms with Crippen molar-refractivity contribution in [1.82, 2.24) is 5.16 Å². The van der Waals surface area contributed by atoms with E-state index in [9.17, 15) is 14.7 Å². The minimum Gasteiger partial charge on any atom is -0.511 e. The monoisotopic (exact) mass is 512 g/mol. The van der Waals surface area contributed by atoms with E-state index >= 15 is 0 Å². The number of nitrogens with zero attached hydrogens (tertiary/aromatic N) is 2. The molecule has 3 aromatic rings. The predicted octanol–water partition coefficient (Wildman–Crippen LogP) is 6.50. The third-order valence-electron chi connectivity index (χ3n) is 7.31. The summed E-state index contributed by atoms with van der Waals surface area (Å²) in [4.78, 5) is 31.2. The summed E-state index contributed by atoms with van der Waals surface area (Å²) >= 11 is 0. The number of aromatic nitrogens is 1. The van der Waals surface area contributed by atoms with Crippen LogP contribution in [0.1, 0.15) is 72.8 Å². The van der Waals surface area contributed by atoms with Gasteiger partial charge in [0.2, 0.25) is 0 Å². The van der Waals surface area contributed by atoms with Crippen LogP contribution in [0.2, 0.25) is 0 Å². The first-order valence-electron chi connectivity index (χ1n) is 13.0. The Morgan fingerprint density at radius 1 is 1.08 bits per heavy atom. The second-order valence-electron chi connectivity index (χ2n) is 10.9. The summed E-state index contributed by atoms with van der Waals surface area (Å²) in [5.41, 5.74) is 3.32. The lowest BCUT2D eigenvalue weighted by Gasteiger charge is -2.26. The van der Waals surface area contributed by atoms with Gasteiger partial charge in [0.1, 0.15) is 17.3 Å². The van der Waals surface area contributed by atoms with Gasteiger partial charge in [-0.25, -0.2) is 0 Å². The Morgan fingerprint density at radius 3 is 2.61 bits per heavy atom. The molecule has 5 rings (SSSR count). The van der Waals surface area contributed by atoms with Crippen LogP contribution < -0.4 is 4.74 Å². The Bertz CT molecular complexity index is 1430. The lowest BCUT2D eigenvalue weighted by atomic mass is 9.75. The van der Waals surface area contributed by atoms with Crippen molar-refractivity contribution in [3.8, 4) is 5.75 Å². The zero-order chi connectivity index (χ0) is 26.9. The molecule has 0 bridgehead atoms. The molecule has 38 heavy (non-hydrogen) atoms. The minimum atomic E-state index is -0.166. The smallest absolute Gasteiger partial charge is 0.168 e. The largest absolute Gasteiger partial charge is 0.511 e. The standard InChI is InChI=1S/C31H32N2O5/c1-31(2)17-27(36)30-24(33-38-28(30)18-31)13-12-23(32-21-10-7-11-22(16-21)37-3)29-25(34)14-20(15-26(29)35)19-8-5-4-6-9-19/h4-11,16,20,34H,12-15,17-18H2,1-3H3. The van der Waals surface area contributed by atoms with Crippen molar-refractivity contribution in [2.45, 2.75) is 58.3 Å². The van der Waals surface area contributed by atoms with Crippen molar-refractivity contribution in [3.05, 3.63) is 88.5 Å². The van der Waals surface area contributed by atoms with Gasteiger partial charge < -0.3 is 14.4 Å². The van der Waals surface area contributed by atoms with Crippen LogP contribution in [0.3, 0.4) is 0 Å². The molecule has 1 atom stereocenters. The third kappa shape index (κ3) is 5.32. The van der Waals surface area contributed by atoms with E-state index in [2.05, 4.69) is 5.16 Å². The van der Waals surface area contributed by atoms with Gasteiger partial charge in [-0.05, 0) is 41.9 Å². The average molecular weight is 513 g/mol. The quantitative estimate of drug-likeness (QED) is 0.363. The maximum Gasteiger partial charge on any atom is 0.168 e. The summed E-state index contributed by atoms with van der Waals surface area (Å²) in [7, 11) is 1.58. The molecular weight excluding hydrogens is 480 g/mol. The predicted molar refractivity (Wildman–Crippen MR) is 144 cm³/mol. The maximum absolute atomic E-state index is 13.4. The van der Waals surface area contributed by atoms with Crippen molar-refractivity contribution >= 4 is 23.0 Å². The first-order chi connectivity index (χ1) is 18.2. The van der Waals surface area contributed by atoms with E-state index in [4.69, 9.17) is 14.3 Å². The molecule has 1 aromatic heterocycles. The zero-order valence-corrected chi connectivity index (χ0v) is 22.0. The summed E-state index contributed by atoms with van der Waals surface area (Å²) in [6, 6.07) is 17.0. The molecule has 0 saturated carbocycles. The molecule has 2 aliphatic carbocycles. The molecule has 196 valence electrons. The maximum atomic E-state index is 13.4. The van der Waals surface area contributed by atoms with Gasteiger partial charge in [-0.15, -0.1) is 0 Å². The molecule has 1 heterocycles. The highest BCUT2D eigenvalue weighted by molar-refractivity contribution is 6.24. The number of methoxy groups -OCH3 is 1. The topological polar surface area (TPSA) is 102 Å². The number of rotatable bonds is 7. The number of ketones is 2. The van der Waals surface area contributed by atoms with E-state index in [1.807, 2.05) is 62.4 Å². The van der Waals surface area contributed by atoms with Gasteiger partial charge in [0.15, 0.2) is 11.6 Å². The van der Waals surface area contributed by atoms with E-state index in [-0.39, 0.29) is 40.7 Å². The minimum absolute atomic E-state index is 0.0280. The molecule has 7 nitrogen and oxygen atoms in total. The number of aliphatic imine (C=N–C) groups is 1. The van der Waals surface area contributed by atoms with Crippen LogP contribution in [0.15, 0.2) is 75.4 Å². The number of ether oxygens (including phenoxy) is 1. The second kappa shape index (κ2) is 10.4. The lowest BCUT2D eigenvalue weighted by Crippen LogP contribution is -2.27. The van der Waals surface area contributed by atoms with E-state index in [0.29, 0.717) is 66.3 Å². The Balaban J connectivity index is 1.48. The normalized spacial score (nSPS) is 19.4. The third-order valence-corrected chi connectivity index (χ3v) is 7.31. The number of fused-ring (bicyclic) bond motifs is 1. The number of benzene rings is 2. The summed E-state index contributed by atoms with van der Waals surface area (Å²) in [5, 5.41) is 15.4. The summed E-state index contributed by atoms with van der Waals surface area (Å²) in [6.45, 7) is 4.09. The highest BCUT2D eigenvalue weighted by atomic mass is 16.5. The second-order valence-corrected chi connectivity index (χ2v) is 10.9.